The lowest BCUT2D eigenvalue weighted by molar-refractivity contribution is 0.141. The summed E-state index contributed by atoms with van der Waals surface area (Å²) in [5.74, 6) is 1.54. The lowest BCUT2D eigenvalue weighted by atomic mass is 10.3. The van der Waals surface area contributed by atoms with Crippen LogP contribution in [0.15, 0.2) is 6.07 Å². The van der Waals surface area contributed by atoms with E-state index >= 15 is 0 Å². The van der Waals surface area contributed by atoms with Gasteiger partial charge < -0.3 is 15.4 Å². The highest BCUT2D eigenvalue weighted by molar-refractivity contribution is 7.18. The number of aryl methyl sites for hydroxylation is 1. The van der Waals surface area contributed by atoms with E-state index in [4.69, 9.17) is 4.74 Å². The van der Waals surface area contributed by atoms with Gasteiger partial charge in [-0.05, 0) is 18.9 Å². The molecule has 2 N–H and O–H groups in total. The molecule has 2 heterocycles. The van der Waals surface area contributed by atoms with E-state index in [0.29, 0.717) is 12.6 Å². The van der Waals surface area contributed by atoms with Crippen LogP contribution < -0.4 is 10.6 Å². The SMILES string of the molecule is CCCCOCCNc1nc(NC)nc2sc(CC)cc12. The number of fused-ring (bicyclic) bond motifs is 1. The molecule has 2 aromatic rings. The maximum absolute atomic E-state index is 5.57. The van der Waals surface area contributed by atoms with Crippen molar-refractivity contribution >= 4 is 33.3 Å². The standard InChI is InChI=1S/C15H24N4OS/c1-4-6-8-20-9-7-17-13-12-10-11(5-2)21-14(12)19-15(16-3)18-13/h10H,4-9H2,1-3H3,(H2,16,17,18,19). The van der Waals surface area contributed by atoms with E-state index in [1.165, 1.54) is 11.3 Å². The Bertz CT molecular complexity index is 570. The van der Waals surface area contributed by atoms with Crippen LogP contribution in [0.3, 0.4) is 0 Å². The molecule has 21 heavy (non-hydrogen) atoms. The Balaban J connectivity index is 2.04. The second-order valence-corrected chi connectivity index (χ2v) is 5.94. The van der Waals surface area contributed by atoms with Gasteiger partial charge in [0, 0.05) is 25.1 Å². The third-order valence-electron chi connectivity index (χ3n) is 3.20. The molecule has 0 aliphatic carbocycles. The van der Waals surface area contributed by atoms with Crippen molar-refractivity contribution in [1.82, 2.24) is 9.97 Å². The van der Waals surface area contributed by atoms with E-state index in [1.54, 1.807) is 11.3 Å². The van der Waals surface area contributed by atoms with E-state index in [9.17, 15) is 0 Å². The van der Waals surface area contributed by atoms with E-state index in [0.717, 1.165) is 42.0 Å². The van der Waals surface area contributed by atoms with Gasteiger partial charge in [0.2, 0.25) is 5.95 Å². The predicted octanol–water partition coefficient (Wildman–Crippen LogP) is 3.52. The molecule has 0 aliphatic rings. The number of hydrogen-bond acceptors (Lipinski definition) is 6. The van der Waals surface area contributed by atoms with Crippen LogP contribution >= 0.6 is 11.3 Å². The van der Waals surface area contributed by atoms with Crippen LogP contribution in [0.1, 0.15) is 31.6 Å². The first-order valence-corrected chi connectivity index (χ1v) is 8.40. The number of nitrogens with one attached hydrogen (secondary N) is 2. The molecular weight excluding hydrogens is 284 g/mol. The molecule has 5 nitrogen and oxygen atoms in total. The summed E-state index contributed by atoms with van der Waals surface area (Å²) in [6.45, 7) is 6.62. The highest BCUT2D eigenvalue weighted by Gasteiger charge is 2.10. The molecule has 0 aromatic carbocycles. The maximum atomic E-state index is 5.57. The molecule has 116 valence electrons. The van der Waals surface area contributed by atoms with E-state index in [-0.39, 0.29) is 0 Å². The number of thiophene rings is 1. The van der Waals surface area contributed by atoms with Crippen molar-refractivity contribution in [2.75, 3.05) is 37.4 Å². The molecule has 0 spiro atoms. The number of ether oxygens (including phenoxy) is 1. The summed E-state index contributed by atoms with van der Waals surface area (Å²) in [4.78, 5) is 11.4. The Labute approximate surface area is 130 Å². The minimum absolute atomic E-state index is 0.654. The molecule has 0 fully saturated rings. The Morgan fingerprint density at radius 3 is 2.81 bits per heavy atom. The van der Waals surface area contributed by atoms with Gasteiger partial charge in [0.1, 0.15) is 10.6 Å². The van der Waals surface area contributed by atoms with Crippen LogP contribution in [0.2, 0.25) is 0 Å². The lowest BCUT2D eigenvalue weighted by Crippen LogP contribution is -2.12. The quantitative estimate of drug-likeness (QED) is 0.694. The molecule has 0 radical (unpaired) electrons. The molecule has 0 aliphatic heterocycles. The summed E-state index contributed by atoms with van der Waals surface area (Å²) < 4.78 is 5.57. The predicted molar refractivity (Wildman–Crippen MR) is 90.6 cm³/mol. The molecule has 0 saturated carbocycles. The largest absolute Gasteiger partial charge is 0.380 e. The number of rotatable bonds is 9. The summed E-state index contributed by atoms with van der Waals surface area (Å²) in [6.07, 6.45) is 3.31. The van der Waals surface area contributed by atoms with Crippen LogP contribution in [-0.4, -0.2) is 36.8 Å². The molecule has 0 unspecified atom stereocenters. The number of unbranched alkanes of at least 4 members (excludes halogenated alkanes) is 1. The van der Waals surface area contributed by atoms with Crippen molar-refractivity contribution < 1.29 is 4.74 Å². The first-order valence-electron chi connectivity index (χ1n) is 7.58. The monoisotopic (exact) mass is 308 g/mol. The van der Waals surface area contributed by atoms with Gasteiger partial charge in [0.25, 0.3) is 0 Å². The van der Waals surface area contributed by atoms with Gasteiger partial charge >= 0.3 is 0 Å². The van der Waals surface area contributed by atoms with Crippen molar-refractivity contribution in [3.8, 4) is 0 Å². The van der Waals surface area contributed by atoms with Crippen molar-refractivity contribution in [3.63, 3.8) is 0 Å². The Kier molecular flexibility index (Phi) is 6.20. The molecule has 6 heteroatoms. The summed E-state index contributed by atoms with van der Waals surface area (Å²) in [6, 6.07) is 2.18. The summed E-state index contributed by atoms with van der Waals surface area (Å²) in [7, 11) is 1.84. The number of nitrogens with zero attached hydrogens (tertiary/aromatic N) is 2. The van der Waals surface area contributed by atoms with E-state index < -0.39 is 0 Å². The second-order valence-electron chi connectivity index (χ2n) is 4.82. The van der Waals surface area contributed by atoms with Crippen molar-refractivity contribution in [3.05, 3.63) is 10.9 Å². The Hall–Kier alpha value is -1.40. The second kappa shape index (κ2) is 8.14. The highest BCUT2D eigenvalue weighted by Crippen LogP contribution is 2.30. The maximum Gasteiger partial charge on any atom is 0.225 e. The van der Waals surface area contributed by atoms with Crippen LogP contribution in [-0.2, 0) is 11.2 Å². The topological polar surface area (TPSA) is 59.1 Å². The zero-order valence-corrected chi connectivity index (χ0v) is 13.8. The summed E-state index contributed by atoms with van der Waals surface area (Å²) in [5.41, 5.74) is 0. The molecule has 0 amide bonds. The van der Waals surface area contributed by atoms with Crippen molar-refractivity contribution in [1.29, 1.82) is 0 Å². The molecule has 2 rings (SSSR count). The van der Waals surface area contributed by atoms with E-state index in [2.05, 4.69) is 40.5 Å². The minimum atomic E-state index is 0.654. The number of aromatic nitrogens is 2. The van der Waals surface area contributed by atoms with Gasteiger partial charge in [0.05, 0.1) is 12.0 Å². The average molecular weight is 308 g/mol. The molecule has 0 bridgehead atoms. The third-order valence-corrected chi connectivity index (χ3v) is 4.37. The van der Waals surface area contributed by atoms with Gasteiger partial charge in [-0.15, -0.1) is 11.3 Å². The average Bonchev–Trinajstić information content (AvgIpc) is 2.93. The molecule has 0 atom stereocenters. The number of hydrogen-bond donors (Lipinski definition) is 2. The first kappa shape index (κ1) is 16.0. The lowest BCUT2D eigenvalue weighted by Gasteiger charge is -2.09. The zero-order valence-electron chi connectivity index (χ0n) is 13.0. The zero-order chi connectivity index (χ0) is 15.1. The third kappa shape index (κ3) is 4.28. The van der Waals surface area contributed by atoms with Gasteiger partial charge in [0.15, 0.2) is 0 Å². The van der Waals surface area contributed by atoms with Crippen LogP contribution in [0, 0.1) is 0 Å². The van der Waals surface area contributed by atoms with Gasteiger partial charge in [-0.3, -0.25) is 0 Å². The van der Waals surface area contributed by atoms with E-state index in [1.807, 2.05) is 7.05 Å². The van der Waals surface area contributed by atoms with Gasteiger partial charge in [-0.1, -0.05) is 20.3 Å². The van der Waals surface area contributed by atoms with Gasteiger partial charge in [-0.25, -0.2) is 4.98 Å². The first-order chi connectivity index (χ1) is 10.3. The molecular formula is C15H24N4OS. The van der Waals surface area contributed by atoms with Crippen molar-refractivity contribution in [2.45, 2.75) is 33.1 Å². The normalized spacial score (nSPS) is 11.0. The fraction of sp³-hybridized carbons (Fsp3) is 0.600. The van der Waals surface area contributed by atoms with Crippen molar-refractivity contribution in [2.24, 2.45) is 0 Å². The number of anilines is 2. The summed E-state index contributed by atoms with van der Waals surface area (Å²) in [5, 5.41) is 7.49. The fourth-order valence-corrected chi connectivity index (χ4v) is 2.95. The molecule has 2 aromatic heterocycles. The van der Waals surface area contributed by atoms with Crippen LogP contribution in [0.25, 0.3) is 10.2 Å². The Morgan fingerprint density at radius 1 is 1.24 bits per heavy atom. The highest BCUT2D eigenvalue weighted by atomic mass is 32.1. The fourth-order valence-electron chi connectivity index (χ4n) is 1.98. The summed E-state index contributed by atoms with van der Waals surface area (Å²) >= 11 is 1.73. The van der Waals surface area contributed by atoms with Crippen LogP contribution in [0.5, 0.6) is 0 Å². The smallest absolute Gasteiger partial charge is 0.225 e. The minimum Gasteiger partial charge on any atom is -0.380 e. The Morgan fingerprint density at radius 2 is 2.10 bits per heavy atom. The van der Waals surface area contributed by atoms with Crippen LogP contribution in [0.4, 0.5) is 11.8 Å². The molecule has 0 saturated heterocycles. The van der Waals surface area contributed by atoms with Gasteiger partial charge in [-0.2, -0.15) is 4.98 Å².